The molecule has 3 nitrogen and oxygen atoms in total. The molecule has 1 aliphatic rings. The van der Waals surface area contributed by atoms with E-state index in [0.29, 0.717) is 6.42 Å². The minimum absolute atomic E-state index is 0.0695. The lowest BCUT2D eigenvalue weighted by Gasteiger charge is -2.18. The number of carbonyl (C=O) groups excluding carboxylic acids is 2. The van der Waals surface area contributed by atoms with E-state index in [0.717, 1.165) is 24.0 Å². The number of allylic oxidation sites excluding steroid dienone is 3. The number of carbonyl (C=O) groups is 2. The fourth-order valence-corrected chi connectivity index (χ4v) is 1.94. The summed E-state index contributed by atoms with van der Waals surface area (Å²) in [6.07, 6.45) is 5.57. The first-order chi connectivity index (χ1) is 7.58. The fraction of sp³-hybridized carbons (Fsp3) is 0.538. The predicted octanol–water partition coefficient (Wildman–Crippen LogP) is 2.42. The van der Waals surface area contributed by atoms with Crippen LogP contribution in [0.15, 0.2) is 23.3 Å². The lowest BCUT2D eigenvalue weighted by atomic mass is 9.88. The van der Waals surface area contributed by atoms with Crippen molar-refractivity contribution in [1.82, 2.24) is 0 Å². The summed E-state index contributed by atoms with van der Waals surface area (Å²) in [5.74, 6) is -0.485. The second-order valence-corrected chi connectivity index (χ2v) is 4.14. The monoisotopic (exact) mass is 222 g/mol. The summed E-state index contributed by atoms with van der Waals surface area (Å²) in [5, 5.41) is 0. The highest BCUT2D eigenvalue weighted by molar-refractivity contribution is 5.95. The van der Waals surface area contributed by atoms with E-state index < -0.39 is 0 Å². The van der Waals surface area contributed by atoms with Gasteiger partial charge < -0.3 is 4.74 Å². The molecule has 1 rings (SSSR count). The Bertz CT molecular complexity index is 350. The average molecular weight is 222 g/mol. The summed E-state index contributed by atoms with van der Waals surface area (Å²) in [6.45, 7) is 3.92. The molecule has 0 saturated carbocycles. The lowest BCUT2D eigenvalue weighted by Crippen LogP contribution is -2.20. The van der Waals surface area contributed by atoms with E-state index in [1.807, 2.05) is 19.9 Å². The molecule has 0 aliphatic heterocycles. The Morgan fingerprint density at radius 1 is 1.50 bits per heavy atom. The van der Waals surface area contributed by atoms with Gasteiger partial charge in [-0.3, -0.25) is 9.59 Å². The van der Waals surface area contributed by atoms with Crippen LogP contribution in [0.4, 0.5) is 0 Å². The van der Waals surface area contributed by atoms with Crippen LogP contribution in [-0.2, 0) is 14.3 Å². The third kappa shape index (κ3) is 3.05. The smallest absolute Gasteiger partial charge is 0.313 e. The Morgan fingerprint density at radius 3 is 2.69 bits per heavy atom. The summed E-state index contributed by atoms with van der Waals surface area (Å²) in [5.41, 5.74) is 1.80. The van der Waals surface area contributed by atoms with Crippen LogP contribution in [0.5, 0.6) is 0 Å². The minimum atomic E-state index is -0.297. The van der Waals surface area contributed by atoms with Crippen LogP contribution in [0.1, 0.15) is 33.1 Å². The lowest BCUT2D eigenvalue weighted by molar-refractivity contribution is -0.144. The normalized spacial score (nSPS) is 17.6. The molecule has 0 saturated heterocycles. The van der Waals surface area contributed by atoms with Crippen molar-refractivity contribution in [3.05, 3.63) is 23.3 Å². The average Bonchev–Trinajstić information content (AvgIpc) is 2.23. The molecule has 16 heavy (non-hydrogen) atoms. The zero-order chi connectivity index (χ0) is 12.1. The van der Waals surface area contributed by atoms with Gasteiger partial charge in [-0.25, -0.2) is 0 Å². The Balaban J connectivity index is 2.94. The van der Waals surface area contributed by atoms with Crippen molar-refractivity contribution in [2.24, 2.45) is 5.92 Å². The molecule has 1 aliphatic carbocycles. The summed E-state index contributed by atoms with van der Waals surface area (Å²) >= 11 is 0. The highest BCUT2D eigenvalue weighted by Gasteiger charge is 2.24. The Labute approximate surface area is 96.2 Å². The van der Waals surface area contributed by atoms with E-state index in [1.165, 1.54) is 7.11 Å². The number of hydrogen-bond donors (Lipinski definition) is 0. The Morgan fingerprint density at radius 2 is 2.19 bits per heavy atom. The van der Waals surface area contributed by atoms with E-state index in [9.17, 15) is 9.59 Å². The molecule has 0 amide bonds. The number of methoxy groups -OCH3 is 1. The van der Waals surface area contributed by atoms with Crippen LogP contribution < -0.4 is 0 Å². The van der Waals surface area contributed by atoms with E-state index in [-0.39, 0.29) is 17.7 Å². The van der Waals surface area contributed by atoms with Crippen molar-refractivity contribution >= 4 is 11.8 Å². The number of hydrogen-bond acceptors (Lipinski definition) is 3. The number of ether oxygens (including phenoxy) is 1. The van der Waals surface area contributed by atoms with Crippen molar-refractivity contribution in [2.45, 2.75) is 33.1 Å². The molecule has 88 valence electrons. The van der Waals surface area contributed by atoms with Gasteiger partial charge in [0.15, 0.2) is 5.78 Å². The predicted molar refractivity (Wildman–Crippen MR) is 61.9 cm³/mol. The standard InChI is InChI=1S/C13H18O3/c1-4-5-12(13(15)16-3)10-6-9(2)7-11(14)8-10/h6,8,12H,4-5,7H2,1-3H3/t12-/m1/s1. The van der Waals surface area contributed by atoms with Crippen LogP contribution >= 0.6 is 0 Å². The van der Waals surface area contributed by atoms with Gasteiger partial charge in [-0.2, -0.15) is 0 Å². The first-order valence-electron chi connectivity index (χ1n) is 5.58. The van der Waals surface area contributed by atoms with Crippen molar-refractivity contribution in [3.63, 3.8) is 0 Å². The molecular formula is C13H18O3. The van der Waals surface area contributed by atoms with Gasteiger partial charge in [0, 0.05) is 6.42 Å². The maximum Gasteiger partial charge on any atom is 0.313 e. The largest absolute Gasteiger partial charge is 0.469 e. The Kier molecular flexibility index (Phi) is 4.47. The van der Waals surface area contributed by atoms with Gasteiger partial charge in [0.1, 0.15) is 0 Å². The highest BCUT2D eigenvalue weighted by Crippen LogP contribution is 2.25. The van der Waals surface area contributed by atoms with E-state index in [1.54, 1.807) is 6.08 Å². The Hall–Kier alpha value is -1.38. The maximum absolute atomic E-state index is 11.6. The molecule has 0 fully saturated rings. The fourth-order valence-electron chi connectivity index (χ4n) is 1.94. The van der Waals surface area contributed by atoms with Gasteiger partial charge in [-0.15, -0.1) is 0 Å². The first kappa shape index (κ1) is 12.7. The van der Waals surface area contributed by atoms with Gasteiger partial charge in [-0.1, -0.05) is 25.0 Å². The molecule has 3 heteroatoms. The third-order valence-corrected chi connectivity index (χ3v) is 2.66. The van der Waals surface area contributed by atoms with Gasteiger partial charge in [0.2, 0.25) is 0 Å². The van der Waals surface area contributed by atoms with E-state index >= 15 is 0 Å². The molecule has 0 aromatic carbocycles. The molecule has 0 aromatic heterocycles. The van der Waals surface area contributed by atoms with Crippen molar-refractivity contribution in [1.29, 1.82) is 0 Å². The molecule has 0 N–H and O–H groups in total. The summed E-state index contributed by atoms with van der Waals surface area (Å²) in [7, 11) is 1.38. The SMILES string of the molecule is CCC[C@@H](C(=O)OC)C1=CC(=O)CC(C)=C1. The second kappa shape index (κ2) is 5.64. The zero-order valence-corrected chi connectivity index (χ0v) is 10.1. The van der Waals surface area contributed by atoms with Gasteiger partial charge in [0.05, 0.1) is 13.0 Å². The molecule has 0 heterocycles. The third-order valence-electron chi connectivity index (χ3n) is 2.66. The summed E-state index contributed by atoms with van der Waals surface area (Å²) in [6, 6.07) is 0. The highest BCUT2D eigenvalue weighted by atomic mass is 16.5. The van der Waals surface area contributed by atoms with Crippen LogP contribution in [0.25, 0.3) is 0 Å². The maximum atomic E-state index is 11.6. The molecule has 0 spiro atoms. The van der Waals surface area contributed by atoms with Crippen molar-refractivity contribution in [2.75, 3.05) is 7.11 Å². The van der Waals surface area contributed by atoms with E-state index in [2.05, 4.69) is 0 Å². The molecule has 0 unspecified atom stereocenters. The number of esters is 1. The summed E-state index contributed by atoms with van der Waals surface area (Å²) < 4.78 is 4.77. The van der Waals surface area contributed by atoms with Crippen molar-refractivity contribution < 1.29 is 14.3 Å². The molecule has 0 radical (unpaired) electrons. The molecule has 0 bridgehead atoms. The van der Waals surface area contributed by atoms with Crippen LogP contribution in [0, 0.1) is 5.92 Å². The minimum Gasteiger partial charge on any atom is -0.469 e. The van der Waals surface area contributed by atoms with Gasteiger partial charge in [-0.05, 0) is 25.0 Å². The van der Waals surface area contributed by atoms with Crippen molar-refractivity contribution in [3.8, 4) is 0 Å². The van der Waals surface area contributed by atoms with Gasteiger partial charge in [0.25, 0.3) is 0 Å². The first-order valence-corrected chi connectivity index (χ1v) is 5.58. The van der Waals surface area contributed by atoms with E-state index in [4.69, 9.17) is 4.74 Å². The van der Waals surface area contributed by atoms with Gasteiger partial charge >= 0.3 is 5.97 Å². The van der Waals surface area contributed by atoms with Crippen LogP contribution in [0.2, 0.25) is 0 Å². The second-order valence-electron chi connectivity index (χ2n) is 4.14. The zero-order valence-electron chi connectivity index (χ0n) is 10.1. The molecule has 0 aromatic rings. The molecular weight excluding hydrogens is 204 g/mol. The van der Waals surface area contributed by atoms with Crippen LogP contribution in [0.3, 0.4) is 0 Å². The quantitative estimate of drug-likeness (QED) is 0.686. The topological polar surface area (TPSA) is 43.4 Å². The number of rotatable bonds is 4. The van der Waals surface area contributed by atoms with Crippen LogP contribution in [-0.4, -0.2) is 18.9 Å². The molecule has 1 atom stereocenters. The number of ketones is 1. The summed E-state index contributed by atoms with van der Waals surface area (Å²) in [4.78, 5) is 23.0.